The first-order valence-corrected chi connectivity index (χ1v) is 10.8. The number of aryl methyl sites for hydroxylation is 1. The fraction of sp³-hybridized carbons (Fsp3) is 0.375. The largest absolute Gasteiger partial charge is 0.368 e. The predicted molar refractivity (Wildman–Crippen MR) is 117 cm³/mol. The number of rotatable bonds is 4. The van der Waals surface area contributed by atoms with Crippen molar-refractivity contribution in [2.75, 3.05) is 13.2 Å². The number of fused-ring (bicyclic) bond motifs is 2. The highest BCUT2D eigenvalue weighted by Crippen LogP contribution is 2.26. The highest BCUT2D eigenvalue weighted by molar-refractivity contribution is 5.98. The van der Waals surface area contributed by atoms with E-state index in [2.05, 4.69) is 15.3 Å². The smallest absolute Gasteiger partial charge is 0.254 e. The van der Waals surface area contributed by atoms with Crippen molar-refractivity contribution >= 4 is 22.7 Å². The number of benzene rings is 1. The standard InChI is InChI=1S/C24H26N4O3/c1-15-20(13-27-23(29)22-3-2-10-31-22)19-7-9-28(14-18(19)12-26-15)24(30)17-5-4-16-6-8-25-21(16)11-17/h4-6,8,11-12,22,25H,2-3,7,9-10,13-14H2,1H3,(H,27,29). The summed E-state index contributed by atoms with van der Waals surface area (Å²) in [6.07, 6.45) is 5.87. The van der Waals surface area contributed by atoms with Gasteiger partial charge in [-0.3, -0.25) is 14.6 Å². The Morgan fingerprint density at radius 3 is 3.06 bits per heavy atom. The van der Waals surface area contributed by atoms with Crippen molar-refractivity contribution in [3.05, 3.63) is 64.6 Å². The minimum atomic E-state index is -0.335. The van der Waals surface area contributed by atoms with Crippen LogP contribution in [-0.2, 0) is 29.0 Å². The summed E-state index contributed by atoms with van der Waals surface area (Å²) in [6, 6.07) is 7.75. The first kappa shape index (κ1) is 19.8. The zero-order valence-electron chi connectivity index (χ0n) is 17.6. The first-order chi connectivity index (χ1) is 15.1. The fourth-order valence-electron chi connectivity index (χ4n) is 4.57. The summed E-state index contributed by atoms with van der Waals surface area (Å²) in [4.78, 5) is 35.0. The molecule has 0 aliphatic carbocycles. The lowest BCUT2D eigenvalue weighted by Gasteiger charge is -2.30. The van der Waals surface area contributed by atoms with Gasteiger partial charge in [0.2, 0.25) is 5.91 Å². The first-order valence-electron chi connectivity index (χ1n) is 10.8. The van der Waals surface area contributed by atoms with Crippen LogP contribution in [0.2, 0.25) is 0 Å². The van der Waals surface area contributed by atoms with E-state index in [-0.39, 0.29) is 17.9 Å². The number of ether oxygens (including phenoxy) is 1. The number of amides is 2. The average molecular weight is 418 g/mol. The van der Waals surface area contributed by atoms with Crippen LogP contribution in [0, 0.1) is 6.92 Å². The van der Waals surface area contributed by atoms with E-state index >= 15 is 0 Å². The Hall–Kier alpha value is -3.19. The van der Waals surface area contributed by atoms with Crippen molar-refractivity contribution in [3.63, 3.8) is 0 Å². The van der Waals surface area contributed by atoms with Crippen molar-refractivity contribution < 1.29 is 14.3 Å². The van der Waals surface area contributed by atoms with Crippen molar-refractivity contribution in [2.24, 2.45) is 0 Å². The molecule has 2 aliphatic rings. The second-order valence-corrected chi connectivity index (χ2v) is 8.30. The zero-order chi connectivity index (χ0) is 21.4. The monoisotopic (exact) mass is 418 g/mol. The molecule has 0 spiro atoms. The van der Waals surface area contributed by atoms with Gasteiger partial charge in [-0.2, -0.15) is 0 Å². The van der Waals surface area contributed by atoms with Gasteiger partial charge in [0.15, 0.2) is 0 Å². The van der Waals surface area contributed by atoms with E-state index in [0.29, 0.717) is 31.8 Å². The normalized spacial score (nSPS) is 18.2. The molecule has 7 heteroatoms. The van der Waals surface area contributed by atoms with Gasteiger partial charge < -0.3 is 19.9 Å². The van der Waals surface area contributed by atoms with Crippen molar-refractivity contribution in [1.29, 1.82) is 0 Å². The molecular formula is C24H26N4O3. The SMILES string of the molecule is Cc1ncc2c(c1CNC(=O)C1CCCO1)CCN(C(=O)c1ccc3cc[nH]c3c1)C2. The maximum Gasteiger partial charge on any atom is 0.254 e. The predicted octanol–water partition coefficient (Wildman–Crippen LogP) is 2.87. The van der Waals surface area contributed by atoms with Crippen LogP contribution in [0.15, 0.2) is 36.7 Å². The van der Waals surface area contributed by atoms with Gasteiger partial charge in [0.25, 0.3) is 5.91 Å². The lowest BCUT2D eigenvalue weighted by molar-refractivity contribution is -0.130. The molecule has 5 rings (SSSR count). The number of carbonyl (C=O) groups is 2. The molecule has 160 valence electrons. The van der Waals surface area contributed by atoms with Crippen LogP contribution in [0.25, 0.3) is 10.9 Å². The van der Waals surface area contributed by atoms with E-state index in [4.69, 9.17) is 4.74 Å². The molecule has 1 saturated heterocycles. The second kappa shape index (κ2) is 8.15. The lowest BCUT2D eigenvalue weighted by Crippen LogP contribution is -2.38. The molecule has 2 N–H and O–H groups in total. The van der Waals surface area contributed by atoms with Crippen LogP contribution in [0.4, 0.5) is 0 Å². The molecule has 7 nitrogen and oxygen atoms in total. The summed E-state index contributed by atoms with van der Waals surface area (Å²) in [5.41, 5.74) is 5.87. The Bertz CT molecular complexity index is 1150. The molecule has 0 radical (unpaired) electrons. The molecule has 1 unspecified atom stereocenters. The molecule has 31 heavy (non-hydrogen) atoms. The van der Waals surface area contributed by atoms with Crippen LogP contribution in [-0.4, -0.2) is 45.9 Å². The second-order valence-electron chi connectivity index (χ2n) is 8.30. The van der Waals surface area contributed by atoms with Crippen LogP contribution in [0.3, 0.4) is 0 Å². The van der Waals surface area contributed by atoms with Gasteiger partial charge in [0.05, 0.1) is 0 Å². The van der Waals surface area contributed by atoms with Gasteiger partial charge in [-0.25, -0.2) is 0 Å². The molecular weight excluding hydrogens is 392 g/mol. The van der Waals surface area contributed by atoms with Gasteiger partial charge in [-0.15, -0.1) is 0 Å². The van der Waals surface area contributed by atoms with Gasteiger partial charge in [0, 0.05) is 55.4 Å². The van der Waals surface area contributed by atoms with Crippen LogP contribution in [0.5, 0.6) is 0 Å². The number of aromatic amines is 1. The molecule has 0 saturated carbocycles. The zero-order valence-corrected chi connectivity index (χ0v) is 17.6. The number of hydrogen-bond acceptors (Lipinski definition) is 4. The third kappa shape index (κ3) is 3.81. The van der Waals surface area contributed by atoms with Crippen molar-refractivity contribution in [2.45, 2.75) is 45.4 Å². The number of nitrogens with one attached hydrogen (secondary N) is 2. The molecule has 1 fully saturated rings. The van der Waals surface area contributed by atoms with Crippen LogP contribution < -0.4 is 5.32 Å². The molecule has 2 amide bonds. The Morgan fingerprint density at radius 1 is 1.32 bits per heavy atom. The van der Waals surface area contributed by atoms with E-state index < -0.39 is 0 Å². The Kier molecular flexibility index (Phi) is 5.19. The van der Waals surface area contributed by atoms with E-state index in [9.17, 15) is 9.59 Å². The number of carbonyl (C=O) groups excluding carboxylic acids is 2. The van der Waals surface area contributed by atoms with Gasteiger partial charge in [-0.05, 0) is 66.5 Å². The number of hydrogen-bond donors (Lipinski definition) is 2. The number of nitrogens with zero attached hydrogens (tertiary/aromatic N) is 2. The summed E-state index contributed by atoms with van der Waals surface area (Å²) < 4.78 is 5.48. The fourth-order valence-corrected chi connectivity index (χ4v) is 4.57. The van der Waals surface area contributed by atoms with Gasteiger partial charge in [0.1, 0.15) is 6.10 Å². The quantitative estimate of drug-likeness (QED) is 0.682. The molecule has 1 aromatic carbocycles. The molecule has 3 aromatic rings. The van der Waals surface area contributed by atoms with E-state index in [1.807, 2.05) is 48.5 Å². The highest BCUT2D eigenvalue weighted by atomic mass is 16.5. The molecule has 2 aromatic heterocycles. The molecule has 2 aliphatic heterocycles. The van der Waals surface area contributed by atoms with Crippen molar-refractivity contribution in [1.82, 2.24) is 20.2 Å². The third-order valence-electron chi connectivity index (χ3n) is 6.35. The topological polar surface area (TPSA) is 87.3 Å². The van der Waals surface area contributed by atoms with E-state index in [1.54, 1.807) is 0 Å². The Morgan fingerprint density at radius 2 is 2.23 bits per heavy atom. The summed E-state index contributed by atoms with van der Waals surface area (Å²) >= 11 is 0. The van der Waals surface area contributed by atoms with Crippen LogP contribution >= 0.6 is 0 Å². The number of H-pyrrole nitrogens is 1. The summed E-state index contributed by atoms with van der Waals surface area (Å²) in [5.74, 6) is -0.0298. The minimum absolute atomic E-state index is 0.0240. The van der Waals surface area contributed by atoms with Crippen LogP contribution in [0.1, 0.15) is 45.6 Å². The maximum absolute atomic E-state index is 13.1. The summed E-state index contributed by atoms with van der Waals surface area (Å²) in [6.45, 7) is 4.23. The minimum Gasteiger partial charge on any atom is -0.368 e. The molecule has 4 heterocycles. The van der Waals surface area contributed by atoms with Gasteiger partial charge >= 0.3 is 0 Å². The van der Waals surface area contributed by atoms with E-state index in [0.717, 1.165) is 47.0 Å². The molecule has 1 atom stereocenters. The Labute approximate surface area is 180 Å². The Balaban J connectivity index is 1.32. The lowest BCUT2D eigenvalue weighted by atomic mass is 9.94. The summed E-state index contributed by atoms with van der Waals surface area (Å²) in [7, 11) is 0. The number of pyridine rings is 1. The highest BCUT2D eigenvalue weighted by Gasteiger charge is 2.27. The third-order valence-corrected chi connectivity index (χ3v) is 6.35. The van der Waals surface area contributed by atoms with Crippen molar-refractivity contribution in [3.8, 4) is 0 Å². The number of aromatic nitrogens is 2. The van der Waals surface area contributed by atoms with Gasteiger partial charge in [-0.1, -0.05) is 6.07 Å². The van der Waals surface area contributed by atoms with E-state index in [1.165, 1.54) is 5.56 Å². The maximum atomic E-state index is 13.1. The summed E-state index contributed by atoms with van der Waals surface area (Å²) in [5, 5.41) is 4.11. The average Bonchev–Trinajstić information content (AvgIpc) is 3.49. The molecule has 0 bridgehead atoms.